The molecule has 2 heteroatoms. The second-order valence-corrected chi connectivity index (χ2v) is 13.6. The first-order valence-electron chi connectivity index (χ1n) is 17.0. The van der Waals surface area contributed by atoms with Crippen LogP contribution in [0.1, 0.15) is 53.1 Å². The number of hydrogen-bond donors (Lipinski definition) is 0. The van der Waals surface area contributed by atoms with Gasteiger partial charge in [-0.2, -0.15) is 5.26 Å². The van der Waals surface area contributed by atoms with Gasteiger partial charge in [0, 0.05) is 27.7 Å². The molecule has 0 radical (unpaired) electrons. The molecule has 7 aromatic carbocycles. The molecular weight excluding hydrogens is 593 g/mol. The molecule has 9 rings (SSSR count). The summed E-state index contributed by atoms with van der Waals surface area (Å²) in [5.74, 6) is 0.107. The fraction of sp³-hybridized carbons (Fsp3) is 0.0851. The SMILES string of the molecule is CC1(C)c2ccccc2C(c2ccccc2)c2c(-c3cccc(-c4cccc(C#N)c4-n4c5ccccc5c5ccccc54)c3)cccc21. The van der Waals surface area contributed by atoms with Crippen LogP contribution in [0.3, 0.4) is 0 Å². The van der Waals surface area contributed by atoms with Gasteiger partial charge < -0.3 is 4.57 Å². The van der Waals surface area contributed by atoms with Gasteiger partial charge >= 0.3 is 0 Å². The first-order chi connectivity index (χ1) is 24.1. The van der Waals surface area contributed by atoms with Gasteiger partial charge in [0.25, 0.3) is 0 Å². The summed E-state index contributed by atoms with van der Waals surface area (Å²) in [5.41, 5.74) is 14.9. The summed E-state index contributed by atoms with van der Waals surface area (Å²) in [5, 5.41) is 12.9. The van der Waals surface area contributed by atoms with Crippen LogP contribution >= 0.6 is 0 Å². The lowest BCUT2D eigenvalue weighted by atomic mass is 9.62. The number of nitriles is 1. The largest absolute Gasteiger partial charge is 0.307 e. The van der Waals surface area contributed by atoms with E-state index in [0.717, 1.165) is 27.8 Å². The van der Waals surface area contributed by atoms with Crippen LogP contribution in [0.25, 0.3) is 49.7 Å². The molecule has 1 heterocycles. The van der Waals surface area contributed by atoms with Gasteiger partial charge in [0.05, 0.1) is 22.3 Å². The lowest BCUT2D eigenvalue weighted by molar-refractivity contribution is 0.598. The second kappa shape index (κ2) is 11.2. The Labute approximate surface area is 287 Å². The zero-order valence-electron chi connectivity index (χ0n) is 27.6. The Bertz CT molecular complexity index is 2540. The molecule has 0 saturated carbocycles. The van der Waals surface area contributed by atoms with Crippen molar-refractivity contribution in [1.29, 1.82) is 5.26 Å². The number of nitrogens with zero attached hydrogens (tertiary/aromatic N) is 2. The molecule has 0 bridgehead atoms. The molecule has 0 aliphatic heterocycles. The van der Waals surface area contributed by atoms with Gasteiger partial charge in [0.15, 0.2) is 0 Å². The van der Waals surface area contributed by atoms with Crippen LogP contribution in [0.4, 0.5) is 0 Å². The van der Waals surface area contributed by atoms with Crippen LogP contribution in [-0.4, -0.2) is 4.57 Å². The summed E-state index contributed by atoms with van der Waals surface area (Å²) >= 11 is 0. The summed E-state index contributed by atoms with van der Waals surface area (Å²) in [4.78, 5) is 0. The number of fused-ring (bicyclic) bond motifs is 5. The van der Waals surface area contributed by atoms with Crippen molar-refractivity contribution in [2.45, 2.75) is 25.2 Å². The van der Waals surface area contributed by atoms with Crippen molar-refractivity contribution >= 4 is 21.8 Å². The third-order valence-electron chi connectivity index (χ3n) is 10.6. The number of para-hydroxylation sites is 3. The summed E-state index contributed by atoms with van der Waals surface area (Å²) in [6.07, 6.45) is 0. The summed E-state index contributed by atoms with van der Waals surface area (Å²) in [6.45, 7) is 4.72. The number of hydrogen-bond acceptors (Lipinski definition) is 1. The first-order valence-corrected chi connectivity index (χ1v) is 17.0. The predicted molar refractivity (Wildman–Crippen MR) is 202 cm³/mol. The molecule has 0 N–H and O–H groups in total. The monoisotopic (exact) mass is 626 g/mol. The molecule has 49 heavy (non-hydrogen) atoms. The van der Waals surface area contributed by atoms with Crippen LogP contribution < -0.4 is 0 Å². The van der Waals surface area contributed by atoms with Crippen LogP contribution in [0, 0.1) is 11.3 Å². The summed E-state index contributed by atoms with van der Waals surface area (Å²) < 4.78 is 2.28. The Kier molecular flexibility index (Phi) is 6.64. The fourth-order valence-corrected chi connectivity index (χ4v) is 8.41. The number of benzene rings is 7. The highest BCUT2D eigenvalue weighted by Gasteiger charge is 2.39. The molecule has 1 aromatic heterocycles. The van der Waals surface area contributed by atoms with Gasteiger partial charge in [-0.05, 0) is 68.8 Å². The second-order valence-electron chi connectivity index (χ2n) is 13.6. The molecule has 1 unspecified atom stereocenters. The number of aromatic nitrogens is 1. The Morgan fingerprint density at radius 3 is 1.86 bits per heavy atom. The first kappa shape index (κ1) is 29.0. The summed E-state index contributed by atoms with van der Waals surface area (Å²) in [6, 6.07) is 61.3. The molecular formula is C47H34N2. The minimum absolute atomic E-state index is 0.107. The van der Waals surface area contributed by atoms with E-state index in [-0.39, 0.29) is 11.3 Å². The lowest BCUT2D eigenvalue weighted by Gasteiger charge is -2.41. The third kappa shape index (κ3) is 4.40. The Balaban J connectivity index is 1.29. The normalized spacial score (nSPS) is 14.7. The standard InChI is InChI=1S/C47H34N2/c1-47(2)40-25-9-6-22-39(40)44(31-15-4-3-5-16-31)45-35(23-14-26-41(45)47)32-17-12-18-33(29-32)36-24-13-19-34(30-48)46(36)49-42-27-10-7-20-37(42)38-21-8-11-28-43(38)49/h3-29,44H,1-2H3. The van der Waals surface area contributed by atoms with Gasteiger partial charge in [-0.3, -0.25) is 0 Å². The maximum Gasteiger partial charge on any atom is 0.101 e. The van der Waals surface area contributed by atoms with E-state index in [1.807, 2.05) is 12.1 Å². The molecule has 0 saturated heterocycles. The van der Waals surface area contributed by atoms with E-state index in [1.54, 1.807) is 0 Å². The van der Waals surface area contributed by atoms with Crippen molar-refractivity contribution in [2.24, 2.45) is 0 Å². The minimum atomic E-state index is -0.157. The Hall–Kier alpha value is -6.17. The van der Waals surface area contributed by atoms with Gasteiger partial charge in [0.2, 0.25) is 0 Å². The average Bonchev–Trinajstić information content (AvgIpc) is 3.49. The maximum atomic E-state index is 10.5. The van der Waals surface area contributed by atoms with Crippen molar-refractivity contribution in [1.82, 2.24) is 4.57 Å². The maximum absolute atomic E-state index is 10.5. The highest BCUT2D eigenvalue weighted by Crippen LogP contribution is 2.52. The smallest absolute Gasteiger partial charge is 0.101 e. The molecule has 1 aliphatic carbocycles. The van der Waals surface area contributed by atoms with E-state index >= 15 is 0 Å². The predicted octanol–water partition coefficient (Wildman–Crippen LogP) is 11.8. The van der Waals surface area contributed by atoms with E-state index in [1.165, 1.54) is 49.7 Å². The third-order valence-corrected chi connectivity index (χ3v) is 10.6. The number of rotatable bonds is 4. The van der Waals surface area contributed by atoms with Gasteiger partial charge in [0.1, 0.15) is 6.07 Å². The molecule has 2 nitrogen and oxygen atoms in total. The molecule has 8 aromatic rings. The van der Waals surface area contributed by atoms with Crippen molar-refractivity contribution in [3.63, 3.8) is 0 Å². The van der Waals surface area contributed by atoms with E-state index in [9.17, 15) is 5.26 Å². The molecule has 1 aliphatic rings. The highest BCUT2D eigenvalue weighted by atomic mass is 15.0. The van der Waals surface area contributed by atoms with E-state index in [0.29, 0.717) is 5.56 Å². The van der Waals surface area contributed by atoms with Gasteiger partial charge in [-0.25, -0.2) is 0 Å². The lowest BCUT2D eigenvalue weighted by Crippen LogP contribution is -2.30. The van der Waals surface area contributed by atoms with E-state index in [4.69, 9.17) is 0 Å². The van der Waals surface area contributed by atoms with Gasteiger partial charge in [-0.1, -0.05) is 153 Å². The molecule has 0 fully saturated rings. The fourth-order valence-electron chi connectivity index (χ4n) is 8.41. The zero-order valence-corrected chi connectivity index (χ0v) is 27.6. The Morgan fingerprint density at radius 1 is 0.551 bits per heavy atom. The van der Waals surface area contributed by atoms with Crippen LogP contribution in [-0.2, 0) is 5.41 Å². The molecule has 232 valence electrons. The average molecular weight is 627 g/mol. The topological polar surface area (TPSA) is 28.7 Å². The van der Waals surface area contributed by atoms with Crippen molar-refractivity contribution in [3.05, 3.63) is 197 Å². The van der Waals surface area contributed by atoms with Crippen LogP contribution in [0.2, 0.25) is 0 Å². The molecule has 0 spiro atoms. The summed E-state index contributed by atoms with van der Waals surface area (Å²) in [7, 11) is 0. The van der Waals surface area contributed by atoms with Crippen LogP contribution in [0.5, 0.6) is 0 Å². The molecule has 0 amide bonds. The quantitative estimate of drug-likeness (QED) is 0.191. The van der Waals surface area contributed by atoms with Crippen molar-refractivity contribution in [3.8, 4) is 34.0 Å². The zero-order chi connectivity index (χ0) is 33.1. The van der Waals surface area contributed by atoms with Crippen molar-refractivity contribution < 1.29 is 0 Å². The molecule has 1 atom stereocenters. The van der Waals surface area contributed by atoms with Gasteiger partial charge in [-0.15, -0.1) is 0 Å². The van der Waals surface area contributed by atoms with Crippen LogP contribution in [0.15, 0.2) is 164 Å². The highest BCUT2D eigenvalue weighted by molar-refractivity contribution is 6.10. The minimum Gasteiger partial charge on any atom is -0.307 e. The Morgan fingerprint density at radius 2 is 1.12 bits per heavy atom. The van der Waals surface area contributed by atoms with Crippen molar-refractivity contribution in [2.75, 3.05) is 0 Å². The van der Waals surface area contributed by atoms with E-state index < -0.39 is 0 Å². The van der Waals surface area contributed by atoms with E-state index in [2.05, 4.69) is 176 Å².